The van der Waals surface area contributed by atoms with Crippen LogP contribution in [0.5, 0.6) is 0 Å². The molecule has 1 heterocycles. The van der Waals surface area contributed by atoms with Crippen molar-refractivity contribution < 1.29 is 8.42 Å². The summed E-state index contributed by atoms with van der Waals surface area (Å²) >= 11 is 5.84. The predicted molar refractivity (Wildman–Crippen MR) is 86.1 cm³/mol. The van der Waals surface area contributed by atoms with E-state index in [4.69, 9.17) is 11.6 Å². The van der Waals surface area contributed by atoms with Crippen LogP contribution in [0.15, 0.2) is 35.2 Å². The molecule has 6 heteroatoms. The summed E-state index contributed by atoms with van der Waals surface area (Å²) in [5.41, 5.74) is 0.688. The van der Waals surface area contributed by atoms with Crippen molar-refractivity contribution in [3.05, 3.63) is 35.5 Å². The quantitative estimate of drug-likeness (QED) is 0.787. The summed E-state index contributed by atoms with van der Waals surface area (Å²) in [5.74, 6) is 0. The molecule has 4 nitrogen and oxygen atoms in total. The lowest BCUT2D eigenvalue weighted by atomic mass is 10.2. The summed E-state index contributed by atoms with van der Waals surface area (Å²) in [4.78, 5) is 4.46. The molecule has 1 aromatic heterocycles. The maximum Gasteiger partial charge on any atom is 0.243 e. The standard InChI is InChI=1S/C15H19ClN2O2S/c1-4-9-18(11(2)3)21(19,20)13-6-7-14-12(10-13)5-8-15(16)17-14/h5-8,10-11H,4,9H2,1-3H3. The van der Waals surface area contributed by atoms with Crippen LogP contribution in [0.25, 0.3) is 10.9 Å². The number of rotatable bonds is 5. The number of hydrogen-bond donors (Lipinski definition) is 0. The van der Waals surface area contributed by atoms with Gasteiger partial charge in [0.05, 0.1) is 10.4 Å². The third-order valence-corrected chi connectivity index (χ3v) is 5.54. The topological polar surface area (TPSA) is 50.3 Å². The Morgan fingerprint density at radius 1 is 1.24 bits per heavy atom. The second-order valence-corrected chi connectivity index (χ2v) is 7.48. The van der Waals surface area contributed by atoms with Gasteiger partial charge in [0, 0.05) is 18.0 Å². The van der Waals surface area contributed by atoms with E-state index in [-0.39, 0.29) is 6.04 Å². The molecule has 0 saturated heterocycles. The molecule has 21 heavy (non-hydrogen) atoms. The molecule has 0 aliphatic rings. The molecule has 0 N–H and O–H groups in total. The molecule has 0 amide bonds. The number of halogens is 1. The number of nitrogens with zero attached hydrogens (tertiary/aromatic N) is 2. The lowest BCUT2D eigenvalue weighted by molar-refractivity contribution is 0.354. The zero-order valence-electron chi connectivity index (χ0n) is 12.4. The van der Waals surface area contributed by atoms with E-state index in [1.807, 2.05) is 20.8 Å². The van der Waals surface area contributed by atoms with Gasteiger partial charge in [-0.2, -0.15) is 4.31 Å². The van der Waals surface area contributed by atoms with Crippen LogP contribution in [0.1, 0.15) is 27.2 Å². The Kier molecular flexibility index (Phi) is 4.86. The first-order chi connectivity index (χ1) is 9.86. The van der Waals surface area contributed by atoms with Gasteiger partial charge in [-0.25, -0.2) is 13.4 Å². The van der Waals surface area contributed by atoms with Gasteiger partial charge in [0.15, 0.2) is 0 Å². The summed E-state index contributed by atoms with van der Waals surface area (Å²) in [7, 11) is -3.49. The number of sulfonamides is 1. The van der Waals surface area contributed by atoms with Crippen LogP contribution >= 0.6 is 11.6 Å². The first-order valence-corrected chi connectivity index (χ1v) is 8.76. The van der Waals surface area contributed by atoms with Crippen LogP contribution in [0, 0.1) is 0 Å². The van der Waals surface area contributed by atoms with Crippen molar-refractivity contribution in [2.45, 2.75) is 38.1 Å². The molecular formula is C15H19ClN2O2S. The number of aromatic nitrogens is 1. The molecule has 0 bridgehead atoms. The van der Waals surface area contributed by atoms with Crippen molar-refractivity contribution in [2.75, 3.05) is 6.54 Å². The number of benzene rings is 1. The Labute approximate surface area is 130 Å². The molecule has 2 rings (SSSR count). The number of hydrogen-bond acceptors (Lipinski definition) is 3. The molecule has 0 fully saturated rings. The fourth-order valence-electron chi connectivity index (χ4n) is 2.25. The van der Waals surface area contributed by atoms with Gasteiger partial charge in [-0.15, -0.1) is 0 Å². The number of pyridine rings is 1. The summed E-state index contributed by atoms with van der Waals surface area (Å²) in [6, 6.07) is 8.30. The third kappa shape index (κ3) is 3.36. The molecule has 0 radical (unpaired) electrons. The van der Waals surface area contributed by atoms with Crippen LogP contribution in [-0.4, -0.2) is 30.3 Å². The van der Waals surface area contributed by atoms with Crippen LogP contribution in [-0.2, 0) is 10.0 Å². The van der Waals surface area contributed by atoms with Crippen LogP contribution in [0.2, 0.25) is 5.15 Å². The van der Waals surface area contributed by atoms with E-state index in [1.54, 1.807) is 30.3 Å². The van der Waals surface area contributed by atoms with Gasteiger partial charge in [-0.1, -0.05) is 18.5 Å². The molecule has 2 aromatic rings. The Hall–Kier alpha value is -1.17. The monoisotopic (exact) mass is 326 g/mol. The average Bonchev–Trinajstić information content (AvgIpc) is 2.43. The highest BCUT2D eigenvalue weighted by atomic mass is 35.5. The Bertz CT molecular complexity index is 744. The summed E-state index contributed by atoms with van der Waals surface area (Å²) in [5, 5.41) is 1.16. The minimum Gasteiger partial charge on any atom is -0.236 e. The minimum absolute atomic E-state index is 0.0750. The van der Waals surface area contributed by atoms with Crippen molar-refractivity contribution in [1.82, 2.24) is 9.29 Å². The molecule has 0 unspecified atom stereocenters. The second kappa shape index (κ2) is 6.30. The summed E-state index contributed by atoms with van der Waals surface area (Å²) < 4.78 is 27.0. The van der Waals surface area contributed by atoms with Crippen molar-refractivity contribution in [3.63, 3.8) is 0 Å². The fourth-order valence-corrected chi connectivity index (χ4v) is 4.17. The summed E-state index contributed by atoms with van der Waals surface area (Å²) in [6.07, 6.45) is 0.780. The highest BCUT2D eigenvalue weighted by Gasteiger charge is 2.26. The van der Waals surface area contributed by atoms with Gasteiger partial charge in [-0.05, 0) is 50.6 Å². The maximum atomic E-state index is 12.8. The molecule has 0 aliphatic heterocycles. The molecule has 0 atom stereocenters. The molecule has 0 spiro atoms. The van der Waals surface area contributed by atoms with E-state index in [0.29, 0.717) is 22.1 Å². The predicted octanol–water partition coefficient (Wildman–Crippen LogP) is 3.70. The van der Waals surface area contributed by atoms with Crippen molar-refractivity contribution >= 4 is 32.5 Å². The lowest BCUT2D eigenvalue weighted by Crippen LogP contribution is -2.37. The average molecular weight is 327 g/mol. The molecule has 1 aromatic carbocycles. The van der Waals surface area contributed by atoms with E-state index in [9.17, 15) is 8.42 Å². The zero-order valence-corrected chi connectivity index (χ0v) is 13.9. The Morgan fingerprint density at radius 2 is 1.95 bits per heavy atom. The van der Waals surface area contributed by atoms with Gasteiger partial charge in [0.1, 0.15) is 5.15 Å². The smallest absolute Gasteiger partial charge is 0.236 e. The fraction of sp³-hybridized carbons (Fsp3) is 0.400. The Morgan fingerprint density at radius 3 is 2.57 bits per heavy atom. The van der Waals surface area contributed by atoms with E-state index in [2.05, 4.69) is 4.98 Å². The molecule has 0 saturated carbocycles. The minimum atomic E-state index is -3.49. The maximum absolute atomic E-state index is 12.8. The van der Waals surface area contributed by atoms with Gasteiger partial charge < -0.3 is 0 Å². The first kappa shape index (κ1) is 16.2. The summed E-state index contributed by atoms with van der Waals surface area (Å²) in [6.45, 7) is 6.25. The van der Waals surface area contributed by atoms with Crippen LogP contribution < -0.4 is 0 Å². The van der Waals surface area contributed by atoms with Gasteiger partial charge in [0.2, 0.25) is 10.0 Å². The molecule has 0 aliphatic carbocycles. The third-order valence-electron chi connectivity index (χ3n) is 3.25. The van der Waals surface area contributed by atoms with E-state index in [0.717, 1.165) is 11.8 Å². The largest absolute Gasteiger partial charge is 0.243 e. The van der Waals surface area contributed by atoms with E-state index >= 15 is 0 Å². The van der Waals surface area contributed by atoms with Crippen LogP contribution in [0.3, 0.4) is 0 Å². The molecular weight excluding hydrogens is 308 g/mol. The lowest BCUT2D eigenvalue weighted by Gasteiger charge is -2.25. The van der Waals surface area contributed by atoms with Crippen molar-refractivity contribution in [2.24, 2.45) is 0 Å². The van der Waals surface area contributed by atoms with Gasteiger partial charge in [-0.3, -0.25) is 0 Å². The van der Waals surface area contributed by atoms with Crippen molar-refractivity contribution in [1.29, 1.82) is 0 Å². The zero-order chi connectivity index (χ0) is 15.6. The van der Waals surface area contributed by atoms with Gasteiger partial charge in [0.25, 0.3) is 0 Å². The highest BCUT2D eigenvalue weighted by Crippen LogP contribution is 2.23. The van der Waals surface area contributed by atoms with Crippen molar-refractivity contribution in [3.8, 4) is 0 Å². The van der Waals surface area contributed by atoms with E-state index in [1.165, 1.54) is 4.31 Å². The van der Waals surface area contributed by atoms with Gasteiger partial charge >= 0.3 is 0 Å². The van der Waals surface area contributed by atoms with Crippen LogP contribution in [0.4, 0.5) is 0 Å². The number of fused-ring (bicyclic) bond motifs is 1. The Balaban J connectivity index is 2.51. The highest BCUT2D eigenvalue weighted by molar-refractivity contribution is 7.89. The molecule has 114 valence electrons. The second-order valence-electron chi connectivity index (χ2n) is 5.20. The van der Waals surface area contributed by atoms with E-state index < -0.39 is 10.0 Å². The normalized spacial score (nSPS) is 12.5. The SMILES string of the molecule is CCCN(C(C)C)S(=O)(=O)c1ccc2nc(Cl)ccc2c1. The first-order valence-electron chi connectivity index (χ1n) is 6.94.